The van der Waals surface area contributed by atoms with Crippen molar-refractivity contribution in [2.75, 3.05) is 20.2 Å². The number of hydrogen-bond donors (Lipinski definition) is 1. The molecule has 20 heavy (non-hydrogen) atoms. The minimum Gasteiger partial charge on any atom is -0.381 e. The van der Waals surface area contributed by atoms with Gasteiger partial charge in [0.25, 0.3) is 0 Å². The van der Waals surface area contributed by atoms with Gasteiger partial charge in [-0.25, -0.2) is 0 Å². The molecule has 1 fully saturated rings. The van der Waals surface area contributed by atoms with Crippen LogP contribution in [-0.2, 0) is 4.74 Å². The van der Waals surface area contributed by atoms with Gasteiger partial charge < -0.3 is 10.5 Å². The van der Waals surface area contributed by atoms with E-state index in [0.29, 0.717) is 23.7 Å². The van der Waals surface area contributed by atoms with Gasteiger partial charge in [0.15, 0.2) is 0 Å². The summed E-state index contributed by atoms with van der Waals surface area (Å²) in [5, 5.41) is 1.47. The summed E-state index contributed by atoms with van der Waals surface area (Å²) >= 11 is 12.4. The zero-order valence-corrected chi connectivity index (χ0v) is 13.5. The van der Waals surface area contributed by atoms with Crippen molar-refractivity contribution in [1.29, 1.82) is 0 Å². The van der Waals surface area contributed by atoms with Gasteiger partial charge in [-0.2, -0.15) is 0 Å². The molecule has 0 spiro atoms. The van der Waals surface area contributed by atoms with E-state index in [4.69, 9.17) is 33.7 Å². The minimum absolute atomic E-state index is 0.201. The van der Waals surface area contributed by atoms with Crippen molar-refractivity contribution in [1.82, 2.24) is 4.90 Å². The Bertz CT molecular complexity index is 455. The Labute approximate surface area is 131 Å². The van der Waals surface area contributed by atoms with Crippen LogP contribution < -0.4 is 5.73 Å². The fourth-order valence-corrected chi connectivity index (χ4v) is 3.46. The van der Waals surface area contributed by atoms with Crippen LogP contribution in [0.2, 0.25) is 10.0 Å². The Morgan fingerprint density at radius 2 is 2.20 bits per heavy atom. The van der Waals surface area contributed by atoms with Gasteiger partial charge in [0.05, 0.1) is 6.10 Å². The second-order valence-electron chi connectivity index (χ2n) is 5.35. The Kier molecular flexibility index (Phi) is 5.70. The van der Waals surface area contributed by atoms with E-state index in [1.165, 1.54) is 0 Å². The third kappa shape index (κ3) is 3.46. The molecule has 2 rings (SSSR count). The Morgan fingerprint density at radius 3 is 2.85 bits per heavy atom. The van der Waals surface area contributed by atoms with Gasteiger partial charge in [0.1, 0.15) is 0 Å². The first kappa shape index (κ1) is 16.1. The van der Waals surface area contributed by atoms with Gasteiger partial charge in [0.2, 0.25) is 0 Å². The topological polar surface area (TPSA) is 38.5 Å². The van der Waals surface area contributed by atoms with Crippen molar-refractivity contribution in [3.8, 4) is 0 Å². The van der Waals surface area contributed by atoms with E-state index < -0.39 is 0 Å². The van der Waals surface area contributed by atoms with Crippen LogP contribution in [0.4, 0.5) is 0 Å². The molecule has 1 aromatic carbocycles. The zero-order valence-electron chi connectivity index (χ0n) is 12.0. The molecule has 1 aromatic rings. The molecule has 1 heterocycles. The number of hydrogen-bond acceptors (Lipinski definition) is 3. The first-order valence-corrected chi connectivity index (χ1v) is 7.76. The van der Waals surface area contributed by atoms with Crippen LogP contribution in [0.1, 0.15) is 31.4 Å². The maximum absolute atomic E-state index is 6.32. The van der Waals surface area contributed by atoms with Crippen LogP contribution in [0.3, 0.4) is 0 Å². The minimum atomic E-state index is 0.201. The predicted octanol–water partition coefficient (Wildman–Crippen LogP) is 3.49. The summed E-state index contributed by atoms with van der Waals surface area (Å²) in [5.74, 6) is 0. The van der Waals surface area contributed by atoms with E-state index in [1.54, 1.807) is 7.11 Å². The van der Waals surface area contributed by atoms with Gasteiger partial charge in [-0.3, -0.25) is 4.90 Å². The second kappa shape index (κ2) is 7.10. The molecule has 1 aliphatic heterocycles. The highest BCUT2D eigenvalue weighted by atomic mass is 35.5. The van der Waals surface area contributed by atoms with Gasteiger partial charge in [-0.15, -0.1) is 0 Å². The quantitative estimate of drug-likeness (QED) is 0.924. The van der Waals surface area contributed by atoms with Crippen molar-refractivity contribution >= 4 is 23.2 Å². The molecule has 0 bridgehead atoms. The number of ether oxygens (including phenoxy) is 1. The highest BCUT2D eigenvalue weighted by molar-refractivity contribution is 6.33. The predicted molar refractivity (Wildman–Crippen MR) is 84.5 cm³/mol. The first-order chi connectivity index (χ1) is 9.56. The fourth-order valence-electron chi connectivity index (χ4n) is 3.00. The molecule has 3 nitrogen and oxygen atoms in total. The molecule has 0 aromatic heterocycles. The van der Waals surface area contributed by atoms with Crippen molar-refractivity contribution < 1.29 is 4.74 Å². The van der Waals surface area contributed by atoms with E-state index in [1.807, 2.05) is 18.2 Å². The van der Waals surface area contributed by atoms with Gasteiger partial charge in [-0.05, 0) is 43.5 Å². The number of nitrogens with two attached hydrogens (primary N) is 1. The van der Waals surface area contributed by atoms with Gasteiger partial charge in [0, 0.05) is 42.3 Å². The largest absolute Gasteiger partial charge is 0.381 e. The molecule has 0 saturated carbocycles. The number of halogens is 2. The van der Waals surface area contributed by atoms with Gasteiger partial charge in [-0.1, -0.05) is 23.2 Å². The zero-order chi connectivity index (χ0) is 14.7. The summed E-state index contributed by atoms with van der Waals surface area (Å²) in [7, 11) is 1.77. The SMILES string of the molecule is COC1CCN(C(C)c2cc(Cl)ccc2Cl)C(CN)C1. The molecule has 2 N–H and O–H groups in total. The van der Waals surface area contributed by atoms with E-state index in [-0.39, 0.29) is 6.04 Å². The van der Waals surface area contributed by atoms with Crippen molar-refractivity contribution in [3.63, 3.8) is 0 Å². The average molecular weight is 317 g/mol. The standard InChI is InChI=1S/C15H22Cl2N2O/c1-10(14-7-11(16)3-4-15(14)17)19-6-5-13(20-2)8-12(19)9-18/h3-4,7,10,12-13H,5-6,8-9,18H2,1-2H3. The normalized spacial score (nSPS) is 25.6. The lowest BCUT2D eigenvalue weighted by molar-refractivity contribution is -0.00162. The Balaban J connectivity index is 2.19. The number of piperidine rings is 1. The summed E-state index contributed by atoms with van der Waals surface area (Å²) in [6, 6.07) is 6.14. The van der Waals surface area contributed by atoms with Crippen LogP contribution in [-0.4, -0.2) is 37.2 Å². The highest BCUT2D eigenvalue weighted by Crippen LogP contribution is 2.33. The lowest BCUT2D eigenvalue weighted by Crippen LogP contribution is -2.49. The lowest BCUT2D eigenvalue weighted by atomic mass is 9.95. The molecule has 3 unspecified atom stereocenters. The molecular weight excluding hydrogens is 295 g/mol. The van der Waals surface area contributed by atoms with Gasteiger partial charge >= 0.3 is 0 Å². The van der Waals surface area contributed by atoms with Crippen molar-refractivity contribution in [3.05, 3.63) is 33.8 Å². The maximum atomic E-state index is 6.32. The highest BCUT2D eigenvalue weighted by Gasteiger charge is 2.31. The average Bonchev–Trinajstić information content (AvgIpc) is 2.48. The lowest BCUT2D eigenvalue weighted by Gasteiger charge is -2.42. The third-order valence-electron chi connectivity index (χ3n) is 4.22. The molecule has 1 saturated heterocycles. The maximum Gasteiger partial charge on any atom is 0.0599 e. The molecule has 1 aliphatic rings. The first-order valence-electron chi connectivity index (χ1n) is 7.00. The molecule has 0 aliphatic carbocycles. The smallest absolute Gasteiger partial charge is 0.0599 e. The number of nitrogens with zero attached hydrogens (tertiary/aromatic N) is 1. The fraction of sp³-hybridized carbons (Fsp3) is 0.600. The van der Waals surface area contributed by atoms with Crippen LogP contribution in [0.25, 0.3) is 0 Å². The molecule has 3 atom stereocenters. The summed E-state index contributed by atoms with van der Waals surface area (Å²) < 4.78 is 5.47. The number of benzene rings is 1. The Hall–Kier alpha value is -0.320. The van der Waals surface area contributed by atoms with Crippen molar-refractivity contribution in [2.45, 2.75) is 38.0 Å². The van der Waals surface area contributed by atoms with Crippen LogP contribution in [0.15, 0.2) is 18.2 Å². The molecular formula is C15H22Cl2N2O. The van der Waals surface area contributed by atoms with E-state index >= 15 is 0 Å². The molecule has 112 valence electrons. The van der Waals surface area contributed by atoms with Crippen LogP contribution in [0, 0.1) is 0 Å². The summed E-state index contributed by atoms with van der Waals surface area (Å²) in [4.78, 5) is 2.41. The molecule has 5 heteroatoms. The van der Waals surface area contributed by atoms with Crippen LogP contribution in [0.5, 0.6) is 0 Å². The second-order valence-corrected chi connectivity index (χ2v) is 6.19. The van der Waals surface area contributed by atoms with Crippen LogP contribution >= 0.6 is 23.2 Å². The number of likely N-dealkylation sites (tertiary alicyclic amines) is 1. The Morgan fingerprint density at radius 1 is 1.45 bits per heavy atom. The van der Waals surface area contributed by atoms with E-state index in [0.717, 1.165) is 30.0 Å². The summed E-state index contributed by atoms with van der Waals surface area (Å²) in [5.41, 5.74) is 7.00. The van der Waals surface area contributed by atoms with E-state index in [2.05, 4.69) is 11.8 Å². The summed E-state index contributed by atoms with van der Waals surface area (Å²) in [6.45, 7) is 3.75. The van der Waals surface area contributed by atoms with Crippen molar-refractivity contribution in [2.24, 2.45) is 5.73 Å². The molecule has 0 amide bonds. The number of methoxy groups -OCH3 is 1. The van der Waals surface area contributed by atoms with E-state index in [9.17, 15) is 0 Å². The summed E-state index contributed by atoms with van der Waals surface area (Å²) in [6.07, 6.45) is 2.30. The third-order valence-corrected chi connectivity index (χ3v) is 4.80. The molecule has 0 radical (unpaired) electrons. The number of rotatable bonds is 4. The monoisotopic (exact) mass is 316 g/mol.